The molecule has 1 heterocycles. The van der Waals surface area contributed by atoms with Crippen LogP contribution >= 0.6 is 11.6 Å². The molecule has 0 radical (unpaired) electrons. The van der Waals surface area contributed by atoms with Crippen molar-refractivity contribution >= 4 is 17.5 Å². The standard InChI is InChI=1S/C17H26ClN3O2/c1-5-23-15-7-6-13(10-14(15)18)16(17(22)20(3)4)21-9-8-19-12(2)11-21/h6-7,10,12,16,19H,5,8-9,11H2,1-4H3. The Hall–Kier alpha value is -1.30. The number of nitrogens with zero attached hydrogens (tertiary/aromatic N) is 2. The number of ether oxygens (including phenoxy) is 1. The lowest BCUT2D eigenvalue weighted by Gasteiger charge is -2.38. The van der Waals surface area contributed by atoms with Crippen LogP contribution in [0.15, 0.2) is 18.2 Å². The zero-order chi connectivity index (χ0) is 17.0. The summed E-state index contributed by atoms with van der Waals surface area (Å²) in [5, 5.41) is 3.96. The maximum Gasteiger partial charge on any atom is 0.244 e. The van der Waals surface area contributed by atoms with Crippen LogP contribution in [-0.2, 0) is 4.79 Å². The minimum Gasteiger partial charge on any atom is -0.492 e. The van der Waals surface area contributed by atoms with E-state index < -0.39 is 0 Å². The Morgan fingerprint density at radius 1 is 1.52 bits per heavy atom. The van der Waals surface area contributed by atoms with Crippen molar-refractivity contribution in [1.82, 2.24) is 15.1 Å². The summed E-state index contributed by atoms with van der Waals surface area (Å²) in [5.74, 6) is 0.724. The predicted molar refractivity (Wildman–Crippen MR) is 93.1 cm³/mol. The molecule has 0 aromatic heterocycles. The number of carbonyl (C=O) groups excluding carboxylic acids is 1. The fraction of sp³-hybridized carbons (Fsp3) is 0.588. The molecule has 1 N–H and O–H groups in total. The minimum absolute atomic E-state index is 0.0688. The van der Waals surface area contributed by atoms with E-state index in [-0.39, 0.29) is 11.9 Å². The number of likely N-dealkylation sites (N-methyl/N-ethyl adjacent to an activating group) is 1. The Balaban J connectivity index is 2.33. The van der Waals surface area contributed by atoms with Crippen LogP contribution in [0.4, 0.5) is 0 Å². The SMILES string of the molecule is CCOc1ccc(C(C(=O)N(C)C)N2CCNC(C)C2)cc1Cl. The lowest BCUT2D eigenvalue weighted by atomic mass is 10.0. The molecule has 1 aliphatic rings. The summed E-state index contributed by atoms with van der Waals surface area (Å²) in [4.78, 5) is 16.6. The molecule has 2 rings (SSSR count). The van der Waals surface area contributed by atoms with E-state index in [1.54, 1.807) is 19.0 Å². The smallest absolute Gasteiger partial charge is 0.244 e. The first-order chi connectivity index (χ1) is 10.9. The molecule has 6 heteroatoms. The van der Waals surface area contributed by atoms with E-state index in [4.69, 9.17) is 16.3 Å². The second-order valence-corrected chi connectivity index (χ2v) is 6.52. The molecule has 2 unspecified atom stereocenters. The summed E-state index contributed by atoms with van der Waals surface area (Å²) in [6.07, 6.45) is 0. The van der Waals surface area contributed by atoms with Gasteiger partial charge in [-0.25, -0.2) is 0 Å². The normalized spacial score (nSPS) is 20.1. The van der Waals surface area contributed by atoms with Crippen molar-refractivity contribution in [3.8, 4) is 5.75 Å². The summed E-state index contributed by atoms with van der Waals surface area (Å²) >= 11 is 6.32. The predicted octanol–water partition coefficient (Wildman–Crippen LogP) is 2.16. The van der Waals surface area contributed by atoms with Gasteiger partial charge in [-0.3, -0.25) is 9.69 Å². The maximum atomic E-state index is 12.8. The van der Waals surface area contributed by atoms with E-state index in [2.05, 4.69) is 17.1 Å². The van der Waals surface area contributed by atoms with E-state index in [0.29, 0.717) is 23.4 Å². The molecule has 0 aliphatic carbocycles. The summed E-state index contributed by atoms with van der Waals surface area (Å²) in [5.41, 5.74) is 0.909. The van der Waals surface area contributed by atoms with Crippen molar-refractivity contribution in [2.24, 2.45) is 0 Å². The molecule has 0 bridgehead atoms. The Labute approximate surface area is 143 Å². The zero-order valence-electron chi connectivity index (χ0n) is 14.3. The van der Waals surface area contributed by atoms with Crippen LogP contribution in [0.1, 0.15) is 25.5 Å². The molecule has 1 aliphatic heterocycles. The van der Waals surface area contributed by atoms with Crippen LogP contribution in [0.25, 0.3) is 0 Å². The minimum atomic E-state index is -0.317. The van der Waals surface area contributed by atoms with E-state index in [0.717, 1.165) is 25.2 Å². The van der Waals surface area contributed by atoms with Crippen molar-refractivity contribution in [2.75, 3.05) is 40.3 Å². The van der Waals surface area contributed by atoms with Crippen molar-refractivity contribution < 1.29 is 9.53 Å². The first-order valence-electron chi connectivity index (χ1n) is 8.04. The van der Waals surface area contributed by atoms with Crippen LogP contribution in [0.5, 0.6) is 5.75 Å². The monoisotopic (exact) mass is 339 g/mol. The van der Waals surface area contributed by atoms with Crippen LogP contribution in [0.2, 0.25) is 5.02 Å². The fourth-order valence-electron chi connectivity index (χ4n) is 2.91. The lowest BCUT2D eigenvalue weighted by Crippen LogP contribution is -2.53. The van der Waals surface area contributed by atoms with Crippen LogP contribution in [-0.4, -0.2) is 62.1 Å². The van der Waals surface area contributed by atoms with E-state index in [9.17, 15) is 4.79 Å². The summed E-state index contributed by atoms with van der Waals surface area (Å²) < 4.78 is 5.49. The van der Waals surface area contributed by atoms with Gasteiger partial charge in [-0.15, -0.1) is 0 Å². The van der Waals surface area contributed by atoms with E-state index in [1.807, 2.05) is 25.1 Å². The van der Waals surface area contributed by atoms with Crippen LogP contribution in [0, 0.1) is 0 Å². The number of piperazine rings is 1. The molecule has 1 saturated heterocycles. The molecule has 1 fully saturated rings. The van der Waals surface area contributed by atoms with Crippen molar-refractivity contribution in [1.29, 1.82) is 0 Å². The fourth-order valence-corrected chi connectivity index (χ4v) is 3.15. The van der Waals surface area contributed by atoms with Crippen molar-refractivity contribution in [3.05, 3.63) is 28.8 Å². The second kappa shape index (κ2) is 7.99. The topological polar surface area (TPSA) is 44.8 Å². The van der Waals surface area contributed by atoms with Gasteiger partial charge < -0.3 is 15.0 Å². The average molecular weight is 340 g/mol. The van der Waals surface area contributed by atoms with Gasteiger partial charge >= 0.3 is 0 Å². The molecule has 1 aromatic rings. The number of nitrogens with one attached hydrogen (secondary N) is 1. The van der Waals surface area contributed by atoms with Gasteiger partial charge in [0.05, 0.1) is 11.6 Å². The zero-order valence-corrected chi connectivity index (χ0v) is 15.1. The number of rotatable bonds is 5. The van der Waals surface area contributed by atoms with Crippen molar-refractivity contribution in [3.63, 3.8) is 0 Å². The van der Waals surface area contributed by atoms with Gasteiger partial charge in [0.15, 0.2) is 0 Å². The van der Waals surface area contributed by atoms with Gasteiger partial charge in [-0.1, -0.05) is 17.7 Å². The number of hydrogen-bond acceptors (Lipinski definition) is 4. The molecule has 0 saturated carbocycles. The highest BCUT2D eigenvalue weighted by Crippen LogP contribution is 2.31. The lowest BCUT2D eigenvalue weighted by molar-refractivity contribution is -0.135. The number of amides is 1. The van der Waals surface area contributed by atoms with Gasteiger partial charge in [0.25, 0.3) is 0 Å². The number of benzene rings is 1. The van der Waals surface area contributed by atoms with Gasteiger partial charge in [0, 0.05) is 39.8 Å². The van der Waals surface area contributed by atoms with Crippen LogP contribution in [0.3, 0.4) is 0 Å². The van der Waals surface area contributed by atoms with Crippen molar-refractivity contribution in [2.45, 2.75) is 25.9 Å². The third-order valence-electron chi connectivity index (χ3n) is 4.01. The third-order valence-corrected chi connectivity index (χ3v) is 4.31. The molecular weight excluding hydrogens is 314 g/mol. The van der Waals surface area contributed by atoms with Crippen LogP contribution < -0.4 is 10.1 Å². The van der Waals surface area contributed by atoms with E-state index in [1.165, 1.54) is 0 Å². The molecule has 2 atom stereocenters. The second-order valence-electron chi connectivity index (χ2n) is 6.11. The molecule has 0 spiro atoms. The molecular formula is C17H26ClN3O2. The van der Waals surface area contributed by atoms with Gasteiger partial charge in [-0.2, -0.15) is 0 Å². The average Bonchev–Trinajstić information content (AvgIpc) is 2.50. The maximum absolute atomic E-state index is 12.8. The molecule has 1 amide bonds. The third kappa shape index (κ3) is 4.37. The highest BCUT2D eigenvalue weighted by atomic mass is 35.5. The molecule has 1 aromatic carbocycles. The van der Waals surface area contributed by atoms with E-state index >= 15 is 0 Å². The first-order valence-corrected chi connectivity index (χ1v) is 8.42. The summed E-state index contributed by atoms with van der Waals surface area (Å²) in [6, 6.07) is 5.69. The number of carbonyl (C=O) groups is 1. The van der Waals surface area contributed by atoms with Gasteiger partial charge in [-0.05, 0) is 31.5 Å². The Morgan fingerprint density at radius 3 is 2.83 bits per heavy atom. The molecule has 23 heavy (non-hydrogen) atoms. The Bertz CT molecular complexity index is 551. The molecule has 128 valence electrons. The Morgan fingerprint density at radius 2 is 2.26 bits per heavy atom. The number of hydrogen-bond donors (Lipinski definition) is 1. The number of halogens is 1. The summed E-state index contributed by atoms with van der Waals surface area (Å²) in [6.45, 7) is 7.16. The summed E-state index contributed by atoms with van der Waals surface area (Å²) in [7, 11) is 3.58. The van der Waals surface area contributed by atoms with Gasteiger partial charge in [0.1, 0.15) is 11.8 Å². The largest absolute Gasteiger partial charge is 0.492 e. The van der Waals surface area contributed by atoms with Gasteiger partial charge in [0.2, 0.25) is 5.91 Å². The highest BCUT2D eigenvalue weighted by Gasteiger charge is 2.31. The Kier molecular flexibility index (Phi) is 6.27. The quantitative estimate of drug-likeness (QED) is 0.893. The first kappa shape index (κ1) is 18.0. The highest BCUT2D eigenvalue weighted by molar-refractivity contribution is 6.32. The molecule has 5 nitrogen and oxygen atoms in total.